The largest absolute Gasteiger partial charge is 0.490 e. The Kier molecular flexibility index (Phi) is 8.97. The molecule has 8 heteroatoms. The van der Waals surface area contributed by atoms with Crippen molar-refractivity contribution in [2.45, 2.75) is 26.6 Å². The Bertz CT molecular complexity index is 1260. The molecule has 0 fully saturated rings. The molecule has 0 radical (unpaired) electrons. The molecule has 3 aromatic carbocycles. The number of ether oxygens (including phenoxy) is 2. The second-order valence-electron chi connectivity index (χ2n) is 7.43. The van der Waals surface area contributed by atoms with Crippen LogP contribution in [-0.2, 0) is 24.5 Å². The maximum absolute atomic E-state index is 11.1. The molecule has 0 saturated carbocycles. The molecule has 3 aromatic rings. The Labute approximate surface area is 203 Å². The van der Waals surface area contributed by atoms with Crippen LogP contribution in [0.4, 0.5) is 5.69 Å². The molecule has 0 N–H and O–H groups in total. The Hall–Kier alpha value is -4.64. The monoisotopic (exact) mass is 471 g/mol. The van der Waals surface area contributed by atoms with Crippen molar-refractivity contribution >= 4 is 11.9 Å². The van der Waals surface area contributed by atoms with Gasteiger partial charge >= 0.3 is 0 Å². The third-order valence-electron chi connectivity index (χ3n) is 4.96. The van der Waals surface area contributed by atoms with E-state index in [9.17, 15) is 15.4 Å². The summed E-state index contributed by atoms with van der Waals surface area (Å²) < 4.78 is 11.9. The van der Waals surface area contributed by atoms with Gasteiger partial charge in [0, 0.05) is 28.8 Å². The number of oxime groups is 1. The first-order valence-corrected chi connectivity index (χ1v) is 11.0. The summed E-state index contributed by atoms with van der Waals surface area (Å²) in [5, 5.41) is 24.3. The van der Waals surface area contributed by atoms with Crippen LogP contribution in [0.1, 0.15) is 34.7 Å². The van der Waals surface area contributed by atoms with Crippen LogP contribution in [0.25, 0.3) is 0 Å². The molecule has 0 aromatic heterocycles. The highest BCUT2D eigenvalue weighted by molar-refractivity contribution is 5.81. The van der Waals surface area contributed by atoms with Gasteiger partial charge in [0.2, 0.25) is 0 Å². The zero-order valence-corrected chi connectivity index (χ0v) is 19.3. The minimum Gasteiger partial charge on any atom is -0.490 e. The molecule has 8 nitrogen and oxygen atoms in total. The number of allylic oxidation sites excluding steroid dienone is 1. The highest BCUT2D eigenvalue weighted by atomic mass is 16.6. The maximum Gasteiger partial charge on any atom is 0.269 e. The van der Waals surface area contributed by atoms with Crippen molar-refractivity contribution < 1.29 is 19.2 Å². The molecule has 0 aliphatic heterocycles. The highest BCUT2D eigenvalue weighted by Gasteiger charge is 2.14. The van der Waals surface area contributed by atoms with E-state index >= 15 is 0 Å². The fourth-order valence-corrected chi connectivity index (χ4v) is 3.37. The third-order valence-corrected chi connectivity index (χ3v) is 4.96. The zero-order chi connectivity index (χ0) is 25.0. The number of non-ortho nitro benzene ring substituents is 1. The average molecular weight is 472 g/mol. The van der Waals surface area contributed by atoms with E-state index in [0.717, 1.165) is 16.7 Å². The van der Waals surface area contributed by atoms with Crippen LogP contribution in [-0.4, -0.2) is 17.7 Å². The number of rotatable bonds is 12. The van der Waals surface area contributed by atoms with Crippen molar-refractivity contribution in [3.05, 3.63) is 111 Å². The Morgan fingerprint density at radius 1 is 1.09 bits per heavy atom. The van der Waals surface area contributed by atoms with Gasteiger partial charge in [-0.25, -0.2) is 0 Å². The molecule has 0 bridgehead atoms. The SMILES string of the molecule is C=CCc1cc(/C=N\OCc2ccccc2C#N)cc(OCC)c1OCc1cccc([N+](=O)[O-])c1. The summed E-state index contributed by atoms with van der Waals surface area (Å²) in [7, 11) is 0. The number of nitrogens with zero attached hydrogens (tertiary/aromatic N) is 3. The molecular weight excluding hydrogens is 446 g/mol. The average Bonchev–Trinajstić information content (AvgIpc) is 2.87. The van der Waals surface area contributed by atoms with E-state index in [2.05, 4.69) is 17.8 Å². The van der Waals surface area contributed by atoms with Crippen molar-refractivity contribution in [2.24, 2.45) is 5.16 Å². The minimum absolute atomic E-state index is 0.00593. The number of nitro groups is 1. The van der Waals surface area contributed by atoms with E-state index in [-0.39, 0.29) is 18.9 Å². The number of nitriles is 1. The number of benzene rings is 3. The maximum atomic E-state index is 11.1. The van der Waals surface area contributed by atoms with Gasteiger partial charge in [0.1, 0.15) is 13.2 Å². The lowest BCUT2D eigenvalue weighted by atomic mass is 10.1. The van der Waals surface area contributed by atoms with E-state index < -0.39 is 4.92 Å². The van der Waals surface area contributed by atoms with Crippen molar-refractivity contribution in [3.8, 4) is 17.6 Å². The molecule has 0 amide bonds. The molecule has 0 spiro atoms. The topological polar surface area (TPSA) is 107 Å². The minimum atomic E-state index is -0.437. The van der Waals surface area contributed by atoms with Gasteiger partial charge in [-0.1, -0.05) is 41.6 Å². The van der Waals surface area contributed by atoms with Gasteiger partial charge in [-0.2, -0.15) is 5.26 Å². The van der Waals surface area contributed by atoms with Gasteiger partial charge in [-0.3, -0.25) is 10.1 Å². The first kappa shape index (κ1) is 25.0. The molecule has 0 aliphatic rings. The first-order chi connectivity index (χ1) is 17.0. The van der Waals surface area contributed by atoms with Crippen molar-refractivity contribution in [2.75, 3.05) is 6.61 Å². The lowest BCUT2D eigenvalue weighted by Gasteiger charge is -2.16. The van der Waals surface area contributed by atoms with E-state index in [1.54, 1.807) is 42.6 Å². The van der Waals surface area contributed by atoms with Crippen molar-refractivity contribution in [3.63, 3.8) is 0 Å². The van der Waals surface area contributed by atoms with Crippen molar-refractivity contribution in [1.29, 1.82) is 5.26 Å². The molecule has 0 unspecified atom stereocenters. The summed E-state index contributed by atoms with van der Waals surface area (Å²) in [6.07, 6.45) is 3.83. The van der Waals surface area contributed by atoms with Crippen LogP contribution >= 0.6 is 0 Å². The van der Waals surface area contributed by atoms with Gasteiger partial charge in [0.05, 0.1) is 29.4 Å². The summed E-state index contributed by atoms with van der Waals surface area (Å²) in [6, 6.07) is 19.3. The van der Waals surface area contributed by atoms with E-state index in [1.165, 1.54) is 12.1 Å². The second kappa shape index (κ2) is 12.6. The summed E-state index contributed by atoms with van der Waals surface area (Å²) in [5.41, 5.74) is 3.53. The van der Waals surface area contributed by atoms with Crippen LogP contribution in [0, 0.1) is 21.4 Å². The van der Waals surface area contributed by atoms with Gasteiger partial charge in [-0.15, -0.1) is 6.58 Å². The van der Waals surface area contributed by atoms with E-state index in [4.69, 9.17) is 14.3 Å². The standard InChI is InChI=1S/C27H25N3O5/c1-3-8-22-13-21(17-29-35-19-24-11-6-5-10-23(24)16-28)15-26(33-4-2)27(22)34-18-20-9-7-12-25(14-20)30(31)32/h3,5-7,9-15,17H,1,4,8,18-19H2,2H3/b29-17-. The number of hydrogen-bond acceptors (Lipinski definition) is 7. The predicted molar refractivity (Wildman–Crippen MR) is 132 cm³/mol. The van der Waals surface area contributed by atoms with Crippen LogP contribution in [0.3, 0.4) is 0 Å². The molecular formula is C27H25N3O5. The lowest BCUT2D eigenvalue weighted by Crippen LogP contribution is -2.04. The Morgan fingerprint density at radius 3 is 2.66 bits per heavy atom. The Morgan fingerprint density at radius 2 is 1.91 bits per heavy atom. The normalized spacial score (nSPS) is 10.5. The predicted octanol–water partition coefficient (Wildman–Crippen LogP) is 5.72. The highest BCUT2D eigenvalue weighted by Crippen LogP contribution is 2.34. The van der Waals surface area contributed by atoms with Gasteiger partial charge in [0.15, 0.2) is 11.5 Å². The molecule has 0 atom stereocenters. The van der Waals surface area contributed by atoms with Crippen molar-refractivity contribution in [1.82, 2.24) is 0 Å². The first-order valence-electron chi connectivity index (χ1n) is 11.0. The van der Waals surface area contributed by atoms with E-state index in [0.29, 0.717) is 35.7 Å². The van der Waals surface area contributed by atoms with Gasteiger partial charge < -0.3 is 14.3 Å². The molecule has 178 valence electrons. The quantitative estimate of drug-likeness (QED) is 0.145. The zero-order valence-electron chi connectivity index (χ0n) is 19.3. The third kappa shape index (κ3) is 6.92. The molecule has 35 heavy (non-hydrogen) atoms. The Balaban J connectivity index is 1.79. The fourth-order valence-electron chi connectivity index (χ4n) is 3.37. The van der Waals surface area contributed by atoms with Crippen LogP contribution in [0.2, 0.25) is 0 Å². The number of hydrogen-bond donors (Lipinski definition) is 0. The van der Waals surface area contributed by atoms with Crippen LogP contribution in [0.5, 0.6) is 11.5 Å². The fraction of sp³-hybridized carbons (Fsp3) is 0.185. The molecule has 0 heterocycles. The van der Waals surface area contributed by atoms with Gasteiger partial charge in [-0.05, 0) is 37.1 Å². The van der Waals surface area contributed by atoms with Crippen LogP contribution in [0.15, 0.2) is 78.5 Å². The summed E-state index contributed by atoms with van der Waals surface area (Å²) >= 11 is 0. The summed E-state index contributed by atoms with van der Waals surface area (Å²) in [4.78, 5) is 16.0. The molecule has 0 saturated heterocycles. The molecule has 0 aliphatic carbocycles. The van der Waals surface area contributed by atoms with Gasteiger partial charge in [0.25, 0.3) is 5.69 Å². The van der Waals surface area contributed by atoms with E-state index in [1.807, 2.05) is 25.1 Å². The summed E-state index contributed by atoms with van der Waals surface area (Å²) in [5.74, 6) is 1.06. The number of nitro benzene ring substituents is 1. The second-order valence-corrected chi connectivity index (χ2v) is 7.43. The lowest BCUT2D eigenvalue weighted by molar-refractivity contribution is -0.384. The molecule has 3 rings (SSSR count). The summed E-state index contributed by atoms with van der Waals surface area (Å²) in [6.45, 7) is 6.42. The smallest absolute Gasteiger partial charge is 0.269 e. The van der Waals surface area contributed by atoms with Crippen LogP contribution < -0.4 is 9.47 Å².